The van der Waals surface area contributed by atoms with Gasteiger partial charge in [0.15, 0.2) is 0 Å². The molecule has 5 nitrogen and oxygen atoms in total. The van der Waals surface area contributed by atoms with Crippen molar-refractivity contribution in [3.05, 3.63) is 35.4 Å². The number of hydrogen-bond donors (Lipinski definition) is 2. The van der Waals surface area contributed by atoms with E-state index >= 15 is 0 Å². The zero-order valence-electron chi connectivity index (χ0n) is 11.3. The molecule has 0 radical (unpaired) electrons. The largest absolute Gasteiger partial charge is 0.453 e. The molecule has 1 aromatic carbocycles. The van der Waals surface area contributed by atoms with Gasteiger partial charge in [0.25, 0.3) is 0 Å². The van der Waals surface area contributed by atoms with E-state index in [9.17, 15) is 4.79 Å². The number of alkyl carbamates (subject to hydrolysis) is 1. The molecule has 1 heterocycles. The van der Waals surface area contributed by atoms with E-state index in [1.54, 1.807) is 0 Å². The molecular weight excluding hydrogens is 242 g/mol. The number of carbonyl (C=O) groups is 1. The van der Waals surface area contributed by atoms with E-state index in [1.807, 2.05) is 0 Å². The lowest BCUT2D eigenvalue weighted by Crippen LogP contribution is -2.45. The van der Waals surface area contributed by atoms with Crippen LogP contribution in [0.15, 0.2) is 29.3 Å². The Labute approximate surface area is 113 Å². The number of nitrogens with zero attached hydrogens (tertiary/aromatic N) is 1. The van der Waals surface area contributed by atoms with Crippen LogP contribution in [0.1, 0.15) is 24.0 Å². The number of aryl methyl sites for hydroxylation is 1. The lowest BCUT2D eigenvalue weighted by Gasteiger charge is -2.23. The monoisotopic (exact) mass is 261 g/mol. The predicted molar refractivity (Wildman–Crippen MR) is 74.4 cm³/mol. The second kappa shape index (κ2) is 6.22. The summed E-state index contributed by atoms with van der Waals surface area (Å²) in [5, 5.41) is 5.65. The third kappa shape index (κ3) is 3.47. The first-order valence-electron chi connectivity index (χ1n) is 6.45. The van der Waals surface area contributed by atoms with Gasteiger partial charge in [-0.2, -0.15) is 0 Å². The molecule has 1 unspecified atom stereocenters. The summed E-state index contributed by atoms with van der Waals surface area (Å²) in [7, 11) is 1.33. The first-order chi connectivity index (χ1) is 9.22. The molecule has 0 saturated heterocycles. The number of guanidine groups is 1. The minimum Gasteiger partial charge on any atom is -0.453 e. The van der Waals surface area contributed by atoms with Crippen molar-refractivity contribution in [2.24, 2.45) is 4.99 Å². The second-order valence-electron chi connectivity index (χ2n) is 4.48. The Morgan fingerprint density at radius 2 is 2.42 bits per heavy atom. The zero-order valence-corrected chi connectivity index (χ0v) is 11.3. The van der Waals surface area contributed by atoms with Crippen LogP contribution in [0.4, 0.5) is 4.79 Å². The Hall–Kier alpha value is -2.04. The van der Waals surface area contributed by atoms with E-state index in [-0.39, 0.29) is 0 Å². The molecular formula is C14H19N3O2. The Bertz CT molecular complexity index is 485. The SMILES string of the molecule is CCc1cccc(C2CN=C(NC(=O)OC)NC2)c1. The summed E-state index contributed by atoms with van der Waals surface area (Å²) in [6, 6.07) is 8.56. The maximum atomic E-state index is 11.1. The summed E-state index contributed by atoms with van der Waals surface area (Å²) >= 11 is 0. The number of nitrogens with one attached hydrogen (secondary N) is 2. The van der Waals surface area contributed by atoms with E-state index in [1.165, 1.54) is 18.2 Å². The molecule has 0 saturated carbocycles. The number of aliphatic imine (C=N–C) groups is 1. The number of ether oxygens (including phenoxy) is 1. The molecule has 1 amide bonds. The van der Waals surface area contributed by atoms with Crippen LogP contribution in [0, 0.1) is 0 Å². The predicted octanol–water partition coefficient (Wildman–Crippen LogP) is 1.65. The highest BCUT2D eigenvalue weighted by Crippen LogP contribution is 2.19. The van der Waals surface area contributed by atoms with Crippen LogP contribution in [-0.4, -0.2) is 32.3 Å². The van der Waals surface area contributed by atoms with E-state index in [0.29, 0.717) is 18.4 Å². The number of carbonyl (C=O) groups excluding carboxylic acids is 1. The van der Waals surface area contributed by atoms with Gasteiger partial charge in [-0.05, 0) is 17.5 Å². The molecule has 2 N–H and O–H groups in total. The van der Waals surface area contributed by atoms with Gasteiger partial charge in [-0.1, -0.05) is 31.2 Å². The molecule has 0 aliphatic carbocycles. The van der Waals surface area contributed by atoms with Crippen LogP contribution < -0.4 is 10.6 Å². The minimum absolute atomic E-state index is 0.342. The average Bonchev–Trinajstić information content (AvgIpc) is 2.48. The standard InChI is InChI=1S/C14H19N3O2/c1-3-10-5-4-6-11(7-10)12-8-15-13(16-9-12)17-14(18)19-2/h4-7,12H,3,8-9H2,1-2H3,(H2,15,16,17,18). The molecule has 1 aromatic rings. The van der Waals surface area contributed by atoms with Crippen LogP contribution in [0.3, 0.4) is 0 Å². The quantitative estimate of drug-likeness (QED) is 0.851. The van der Waals surface area contributed by atoms with Gasteiger partial charge in [-0.3, -0.25) is 10.3 Å². The number of rotatable bonds is 2. The Balaban J connectivity index is 2.00. The van der Waals surface area contributed by atoms with Crippen molar-refractivity contribution >= 4 is 12.1 Å². The van der Waals surface area contributed by atoms with Crippen LogP contribution in [-0.2, 0) is 11.2 Å². The van der Waals surface area contributed by atoms with E-state index in [4.69, 9.17) is 0 Å². The summed E-state index contributed by atoms with van der Waals surface area (Å²) in [5.74, 6) is 0.824. The van der Waals surface area contributed by atoms with Gasteiger partial charge in [-0.25, -0.2) is 4.79 Å². The maximum absolute atomic E-state index is 11.1. The third-order valence-corrected chi connectivity index (χ3v) is 3.22. The fourth-order valence-electron chi connectivity index (χ4n) is 2.06. The van der Waals surface area contributed by atoms with Gasteiger partial charge in [0.05, 0.1) is 13.7 Å². The smallest absolute Gasteiger partial charge is 0.413 e. The van der Waals surface area contributed by atoms with Crippen molar-refractivity contribution in [1.82, 2.24) is 10.6 Å². The summed E-state index contributed by atoms with van der Waals surface area (Å²) in [6.07, 6.45) is 0.532. The molecule has 1 atom stereocenters. The van der Waals surface area contributed by atoms with Crippen LogP contribution in [0.5, 0.6) is 0 Å². The fraction of sp³-hybridized carbons (Fsp3) is 0.429. The van der Waals surface area contributed by atoms with E-state index in [0.717, 1.165) is 13.0 Å². The molecule has 0 bridgehead atoms. The van der Waals surface area contributed by atoms with Crippen molar-refractivity contribution in [2.75, 3.05) is 20.2 Å². The van der Waals surface area contributed by atoms with Crippen LogP contribution >= 0.6 is 0 Å². The summed E-state index contributed by atoms with van der Waals surface area (Å²) in [6.45, 7) is 3.57. The average molecular weight is 261 g/mol. The van der Waals surface area contributed by atoms with Gasteiger partial charge < -0.3 is 10.1 Å². The van der Waals surface area contributed by atoms with Crippen molar-refractivity contribution in [3.8, 4) is 0 Å². The Morgan fingerprint density at radius 3 is 3.05 bits per heavy atom. The maximum Gasteiger partial charge on any atom is 0.413 e. The van der Waals surface area contributed by atoms with Crippen molar-refractivity contribution in [1.29, 1.82) is 0 Å². The van der Waals surface area contributed by atoms with Crippen LogP contribution in [0.2, 0.25) is 0 Å². The molecule has 102 valence electrons. The Morgan fingerprint density at radius 1 is 1.58 bits per heavy atom. The summed E-state index contributed by atoms with van der Waals surface area (Å²) < 4.78 is 4.52. The first kappa shape index (κ1) is 13.4. The minimum atomic E-state index is -0.502. The number of hydrogen-bond acceptors (Lipinski definition) is 4. The van der Waals surface area contributed by atoms with Crippen molar-refractivity contribution in [3.63, 3.8) is 0 Å². The van der Waals surface area contributed by atoms with E-state index in [2.05, 4.69) is 51.6 Å². The Kier molecular flexibility index (Phi) is 4.39. The molecule has 1 aliphatic heterocycles. The highest BCUT2D eigenvalue weighted by Gasteiger charge is 2.18. The second-order valence-corrected chi connectivity index (χ2v) is 4.48. The number of benzene rings is 1. The summed E-state index contributed by atoms with van der Waals surface area (Å²) in [4.78, 5) is 15.4. The lowest BCUT2D eigenvalue weighted by atomic mass is 9.96. The molecule has 1 aliphatic rings. The number of amides is 1. The molecule has 19 heavy (non-hydrogen) atoms. The molecule has 0 spiro atoms. The van der Waals surface area contributed by atoms with Gasteiger partial charge >= 0.3 is 6.09 Å². The molecule has 0 fully saturated rings. The molecule has 5 heteroatoms. The normalized spacial score (nSPS) is 18.2. The van der Waals surface area contributed by atoms with Gasteiger partial charge in [-0.15, -0.1) is 0 Å². The lowest BCUT2D eigenvalue weighted by molar-refractivity contribution is 0.176. The fourth-order valence-corrected chi connectivity index (χ4v) is 2.06. The van der Waals surface area contributed by atoms with Gasteiger partial charge in [0, 0.05) is 12.5 Å². The van der Waals surface area contributed by atoms with Crippen LogP contribution in [0.25, 0.3) is 0 Å². The molecule has 0 aromatic heterocycles. The van der Waals surface area contributed by atoms with E-state index < -0.39 is 6.09 Å². The highest BCUT2D eigenvalue weighted by molar-refractivity contribution is 5.94. The highest BCUT2D eigenvalue weighted by atomic mass is 16.5. The van der Waals surface area contributed by atoms with Crippen molar-refractivity contribution < 1.29 is 9.53 Å². The number of methoxy groups -OCH3 is 1. The topological polar surface area (TPSA) is 62.7 Å². The van der Waals surface area contributed by atoms with Crippen molar-refractivity contribution in [2.45, 2.75) is 19.3 Å². The third-order valence-electron chi connectivity index (χ3n) is 3.22. The zero-order chi connectivity index (χ0) is 13.7. The molecule has 2 rings (SSSR count). The summed E-state index contributed by atoms with van der Waals surface area (Å²) in [5.41, 5.74) is 2.62. The van der Waals surface area contributed by atoms with Gasteiger partial charge in [0.1, 0.15) is 0 Å². The van der Waals surface area contributed by atoms with Gasteiger partial charge in [0.2, 0.25) is 5.96 Å². The first-order valence-corrected chi connectivity index (χ1v) is 6.45.